The quantitative estimate of drug-likeness (QED) is 0.759. The fraction of sp³-hybridized carbons (Fsp3) is 0.0588. The van der Waals surface area contributed by atoms with Gasteiger partial charge in [-0.3, -0.25) is 9.59 Å². The second-order valence-electron chi connectivity index (χ2n) is 5.34. The molecule has 8 heteroatoms. The zero-order chi connectivity index (χ0) is 18.0. The van der Waals surface area contributed by atoms with Crippen molar-refractivity contribution in [3.8, 4) is 5.69 Å². The molecule has 0 fully saturated rings. The molecule has 25 heavy (non-hydrogen) atoms. The van der Waals surface area contributed by atoms with Gasteiger partial charge in [0.2, 0.25) is 5.91 Å². The summed E-state index contributed by atoms with van der Waals surface area (Å²) >= 11 is 0. The molecule has 3 N–H and O–H groups in total. The Labute approximate surface area is 142 Å². The summed E-state index contributed by atoms with van der Waals surface area (Å²) in [7, 11) is 0. The highest BCUT2D eigenvalue weighted by molar-refractivity contribution is 6.05. The molecule has 2 amide bonds. The van der Waals surface area contributed by atoms with Crippen LogP contribution in [0.3, 0.4) is 0 Å². The number of nitrogens with two attached hydrogens (primary N) is 1. The Bertz CT molecular complexity index is 936. The highest BCUT2D eigenvalue weighted by atomic mass is 19.1. The van der Waals surface area contributed by atoms with Crippen LogP contribution in [0, 0.1) is 12.7 Å². The Morgan fingerprint density at radius 2 is 1.88 bits per heavy atom. The Hall–Kier alpha value is -3.55. The van der Waals surface area contributed by atoms with Crippen LogP contribution in [-0.4, -0.2) is 26.6 Å². The second-order valence-corrected chi connectivity index (χ2v) is 5.34. The number of aromatic nitrogens is 3. The number of hydrogen-bond donors (Lipinski definition) is 2. The molecule has 1 aromatic heterocycles. The SMILES string of the molecule is Cc1c(F)cc(C(N)=O)cc1NC(=O)c1ccc(-n2cncn2)cc1. The summed E-state index contributed by atoms with van der Waals surface area (Å²) in [6.07, 6.45) is 2.94. The van der Waals surface area contributed by atoms with Crippen molar-refractivity contribution >= 4 is 17.5 Å². The van der Waals surface area contributed by atoms with E-state index < -0.39 is 17.6 Å². The molecule has 0 saturated carbocycles. The molecule has 0 aliphatic rings. The van der Waals surface area contributed by atoms with Crippen LogP contribution in [0.5, 0.6) is 0 Å². The molecular weight excluding hydrogens is 325 g/mol. The number of nitrogens with zero attached hydrogens (tertiary/aromatic N) is 3. The second kappa shape index (κ2) is 6.52. The van der Waals surface area contributed by atoms with E-state index in [-0.39, 0.29) is 16.8 Å². The average molecular weight is 339 g/mol. The van der Waals surface area contributed by atoms with Crippen LogP contribution in [0.1, 0.15) is 26.3 Å². The molecule has 0 aliphatic heterocycles. The van der Waals surface area contributed by atoms with E-state index >= 15 is 0 Å². The first-order chi connectivity index (χ1) is 12.0. The molecule has 1 heterocycles. The topological polar surface area (TPSA) is 103 Å². The molecule has 0 aliphatic carbocycles. The van der Waals surface area contributed by atoms with Gasteiger partial charge in [-0.05, 0) is 43.3 Å². The molecule has 0 atom stereocenters. The predicted molar refractivity (Wildman–Crippen MR) is 89.0 cm³/mol. The van der Waals surface area contributed by atoms with Gasteiger partial charge >= 0.3 is 0 Å². The Balaban J connectivity index is 1.84. The van der Waals surface area contributed by atoms with E-state index in [2.05, 4.69) is 15.4 Å². The Morgan fingerprint density at radius 1 is 1.16 bits per heavy atom. The van der Waals surface area contributed by atoms with Gasteiger partial charge in [0.25, 0.3) is 5.91 Å². The van der Waals surface area contributed by atoms with Crippen LogP contribution in [0.4, 0.5) is 10.1 Å². The average Bonchev–Trinajstić information content (AvgIpc) is 3.13. The lowest BCUT2D eigenvalue weighted by Crippen LogP contribution is -2.16. The van der Waals surface area contributed by atoms with E-state index in [1.807, 2.05) is 0 Å². The Morgan fingerprint density at radius 3 is 2.48 bits per heavy atom. The third kappa shape index (κ3) is 3.37. The van der Waals surface area contributed by atoms with Crippen molar-refractivity contribution in [2.24, 2.45) is 5.73 Å². The minimum absolute atomic E-state index is 0.0140. The zero-order valence-corrected chi connectivity index (χ0v) is 13.2. The molecule has 0 radical (unpaired) electrons. The van der Waals surface area contributed by atoms with E-state index in [1.165, 1.54) is 25.6 Å². The van der Waals surface area contributed by atoms with Gasteiger partial charge in [-0.15, -0.1) is 0 Å². The first-order valence-electron chi connectivity index (χ1n) is 7.32. The summed E-state index contributed by atoms with van der Waals surface area (Å²) < 4.78 is 15.4. The third-order valence-corrected chi connectivity index (χ3v) is 3.69. The van der Waals surface area contributed by atoms with Gasteiger partial charge in [-0.1, -0.05) is 0 Å². The maximum atomic E-state index is 13.9. The number of carbonyl (C=O) groups excluding carboxylic acids is 2. The van der Waals surface area contributed by atoms with Gasteiger partial charge in [0.05, 0.1) is 5.69 Å². The van der Waals surface area contributed by atoms with E-state index in [9.17, 15) is 14.0 Å². The number of hydrogen-bond acceptors (Lipinski definition) is 4. The molecule has 0 saturated heterocycles. The molecule has 0 spiro atoms. The van der Waals surface area contributed by atoms with Gasteiger partial charge in [0.1, 0.15) is 18.5 Å². The first kappa shape index (κ1) is 16.3. The maximum absolute atomic E-state index is 13.9. The number of nitrogens with one attached hydrogen (secondary N) is 1. The monoisotopic (exact) mass is 339 g/mol. The van der Waals surface area contributed by atoms with E-state index in [0.717, 1.165) is 11.8 Å². The summed E-state index contributed by atoms with van der Waals surface area (Å²) in [6, 6.07) is 9.02. The molecule has 0 unspecified atom stereocenters. The summed E-state index contributed by atoms with van der Waals surface area (Å²) in [5.74, 6) is -1.83. The van der Waals surface area contributed by atoms with Gasteiger partial charge in [-0.25, -0.2) is 14.1 Å². The van der Waals surface area contributed by atoms with Gasteiger partial charge in [0.15, 0.2) is 0 Å². The molecular formula is C17H14FN5O2. The van der Waals surface area contributed by atoms with Gasteiger partial charge in [-0.2, -0.15) is 5.10 Å². The fourth-order valence-electron chi connectivity index (χ4n) is 2.25. The molecule has 126 valence electrons. The third-order valence-electron chi connectivity index (χ3n) is 3.69. The lowest BCUT2D eigenvalue weighted by molar-refractivity contribution is 0.0995. The number of anilines is 1. The van der Waals surface area contributed by atoms with E-state index in [4.69, 9.17) is 5.73 Å². The number of halogens is 1. The zero-order valence-electron chi connectivity index (χ0n) is 13.2. The van der Waals surface area contributed by atoms with Crippen molar-refractivity contribution in [3.05, 3.63) is 71.6 Å². The van der Waals surface area contributed by atoms with Crippen LogP contribution in [0.25, 0.3) is 5.69 Å². The first-order valence-corrected chi connectivity index (χ1v) is 7.32. The maximum Gasteiger partial charge on any atom is 0.255 e. The number of rotatable bonds is 4. The number of amides is 2. The highest BCUT2D eigenvalue weighted by Gasteiger charge is 2.14. The summed E-state index contributed by atoms with van der Waals surface area (Å²) in [4.78, 5) is 27.5. The summed E-state index contributed by atoms with van der Waals surface area (Å²) in [6.45, 7) is 1.50. The number of benzene rings is 2. The van der Waals surface area contributed by atoms with Crippen LogP contribution >= 0.6 is 0 Å². The molecule has 0 bridgehead atoms. The smallest absolute Gasteiger partial charge is 0.255 e. The van der Waals surface area contributed by atoms with Crippen molar-refractivity contribution in [3.63, 3.8) is 0 Å². The lowest BCUT2D eigenvalue weighted by Gasteiger charge is -2.11. The molecule has 7 nitrogen and oxygen atoms in total. The van der Waals surface area contributed by atoms with Crippen molar-refractivity contribution < 1.29 is 14.0 Å². The van der Waals surface area contributed by atoms with Crippen LogP contribution in [-0.2, 0) is 0 Å². The Kier molecular flexibility index (Phi) is 4.25. The normalized spacial score (nSPS) is 10.5. The summed E-state index contributed by atoms with van der Waals surface area (Å²) in [5.41, 5.74) is 6.69. The van der Waals surface area contributed by atoms with Crippen LogP contribution in [0.15, 0.2) is 49.1 Å². The van der Waals surface area contributed by atoms with Crippen molar-refractivity contribution in [2.75, 3.05) is 5.32 Å². The van der Waals surface area contributed by atoms with Crippen molar-refractivity contribution in [1.82, 2.24) is 14.8 Å². The number of primary amides is 1. The van der Waals surface area contributed by atoms with Gasteiger partial charge in [0, 0.05) is 22.4 Å². The lowest BCUT2D eigenvalue weighted by atomic mass is 10.1. The number of carbonyl (C=O) groups is 2. The standard InChI is InChI=1S/C17H14FN5O2/c1-10-14(18)6-12(16(19)24)7-15(10)22-17(25)11-2-4-13(5-3-11)23-9-20-8-21-23/h2-9H,1H3,(H2,19,24)(H,22,25). The molecule has 3 rings (SSSR count). The van der Waals surface area contributed by atoms with Gasteiger partial charge < -0.3 is 11.1 Å². The van der Waals surface area contributed by atoms with Crippen molar-refractivity contribution in [1.29, 1.82) is 0 Å². The van der Waals surface area contributed by atoms with Crippen molar-refractivity contribution in [2.45, 2.75) is 6.92 Å². The van der Waals surface area contributed by atoms with Crippen LogP contribution in [0.2, 0.25) is 0 Å². The minimum Gasteiger partial charge on any atom is -0.366 e. The summed E-state index contributed by atoms with van der Waals surface area (Å²) in [5, 5.41) is 6.59. The van der Waals surface area contributed by atoms with E-state index in [0.29, 0.717) is 5.56 Å². The fourth-order valence-corrected chi connectivity index (χ4v) is 2.25. The molecule has 3 aromatic rings. The predicted octanol–water partition coefficient (Wildman–Crippen LogP) is 2.07. The molecule has 2 aromatic carbocycles. The largest absolute Gasteiger partial charge is 0.366 e. The van der Waals surface area contributed by atoms with E-state index in [1.54, 1.807) is 28.9 Å². The highest BCUT2D eigenvalue weighted by Crippen LogP contribution is 2.21. The van der Waals surface area contributed by atoms with Crippen LogP contribution < -0.4 is 11.1 Å². The minimum atomic E-state index is -0.772.